The first-order valence-corrected chi connectivity index (χ1v) is 14.9. The maximum absolute atomic E-state index is 5.22. The number of pyridine rings is 3. The quantitative estimate of drug-likeness (QED) is 0.203. The molecule has 0 bridgehead atoms. The highest BCUT2D eigenvalue weighted by Gasteiger charge is 2.31. The minimum absolute atomic E-state index is 0.00891. The van der Waals surface area contributed by atoms with E-state index in [1.165, 1.54) is 44.3 Å². The van der Waals surface area contributed by atoms with Crippen molar-refractivity contribution in [2.75, 3.05) is 0 Å². The van der Waals surface area contributed by atoms with Gasteiger partial charge in [0.25, 0.3) is 0 Å². The van der Waals surface area contributed by atoms with Crippen molar-refractivity contribution < 1.29 is 0 Å². The number of hydrogen-bond donors (Lipinski definition) is 0. The number of rotatable bonds is 6. The smallest absolute Gasteiger partial charge is 0.245 e. The third-order valence-corrected chi connectivity index (χ3v) is 8.31. The summed E-state index contributed by atoms with van der Waals surface area (Å²) in [7, 11) is 0. The summed E-state index contributed by atoms with van der Waals surface area (Å²) in [4.78, 5) is 14.9. The lowest BCUT2D eigenvalue weighted by atomic mass is 9.33. The maximum Gasteiger partial charge on any atom is 0.245 e. The molecule has 0 N–H and O–H groups in total. The van der Waals surface area contributed by atoms with Crippen LogP contribution in [0.1, 0.15) is 33.4 Å². The molecule has 6 rings (SSSR count). The highest BCUT2D eigenvalue weighted by molar-refractivity contribution is 6.97. The molecule has 0 saturated heterocycles. The normalized spacial score (nSPS) is 11.0. The van der Waals surface area contributed by atoms with Crippen LogP contribution in [0.25, 0.3) is 33.9 Å². The predicted octanol–water partition coefficient (Wildman–Crippen LogP) is 7.24. The fourth-order valence-corrected chi connectivity index (χ4v) is 6.71. The van der Waals surface area contributed by atoms with Crippen molar-refractivity contribution in [1.82, 2.24) is 15.0 Å². The van der Waals surface area contributed by atoms with Crippen LogP contribution in [0.5, 0.6) is 0 Å². The van der Waals surface area contributed by atoms with Crippen molar-refractivity contribution in [3.8, 4) is 33.9 Å². The van der Waals surface area contributed by atoms with Crippen LogP contribution in [0.3, 0.4) is 0 Å². The van der Waals surface area contributed by atoms with Gasteiger partial charge in [-0.15, -0.1) is 0 Å². The van der Waals surface area contributed by atoms with Crippen LogP contribution in [-0.2, 0) is 0 Å². The molecule has 3 aromatic carbocycles. The Kier molecular flexibility index (Phi) is 7.77. The lowest BCUT2D eigenvalue weighted by Gasteiger charge is -2.26. The Morgan fingerprint density at radius 1 is 0.465 bits per heavy atom. The monoisotopic (exact) mass is 557 g/mol. The standard InChI is InChI=1S/C39H36BN3/c1-25-19-27(3)37(28(4)20-25)40(38-29(5)21-26(2)22-30(38)6)33-15-12-18-42-39(33)36-24-32(31-13-8-7-9-14-31)23-35(43-36)34-16-10-11-17-41-34/h7-24H,1-6H3. The Balaban J connectivity index is 1.66. The summed E-state index contributed by atoms with van der Waals surface area (Å²) in [5, 5.41) is 0. The Bertz CT molecular complexity index is 1770. The average molecular weight is 558 g/mol. The molecule has 3 nitrogen and oxygen atoms in total. The van der Waals surface area contributed by atoms with Crippen LogP contribution in [0.2, 0.25) is 0 Å². The van der Waals surface area contributed by atoms with E-state index in [1.807, 2.05) is 36.7 Å². The topological polar surface area (TPSA) is 38.7 Å². The molecule has 4 heteroatoms. The van der Waals surface area contributed by atoms with Crippen LogP contribution in [0.15, 0.2) is 109 Å². The first kappa shape index (κ1) is 28.3. The number of aryl methyl sites for hydroxylation is 6. The zero-order valence-corrected chi connectivity index (χ0v) is 25.8. The summed E-state index contributed by atoms with van der Waals surface area (Å²) in [5.74, 6) is 0. The maximum atomic E-state index is 5.22. The summed E-state index contributed by atoms with van der Waals surface area (Å²) in [6, 6.07) is 34.2. The van der Waals surface area contributed by atoms with Gasteiger partial charge in [-0.25, -0.2) is 4.98 Å². The molecule has 0 unspecified atom stereocenters. The third-order valence-electron chi connectivity index (χ3n) is 8.31. The van der Waals surface area contributed by atoms with E-state index in [9.17, 15) is 0 Å². The van der Waals surface area contributed by atoms with E-state index in [0.29, 0.717) is 0 Å². The van der Waals surface area contributed by atoms with E-state index in [1.54, 1.807) is 0 Å². The molecular weight excluding hydrogens is 521 g/mol. The van der Waals surface area contributed by atoms with Crippen LogP contribution in [-0.4, -0.2) is 21.7 Å². The third kappa shape index (κ3) is 5.66. The van der Waals surface area contributed by atoms with Gasteiger partial charge in [0.05, 0.1) is 22.8 Å². The van der Waals surface area contributed by atoms with Crippen molar-refractivity contribution >= 4 is 23.1 Å². The van der Waals surface area contributed by atoms with Gasteiger partial charge in [-0.3, -0.25) is 9.97 Å². The van der Waals surface area contributed by atoms with Crippen molar-refractivity contribution in [2.24, 2.45) is 0 Å². The zero-order chi connectivity index (χ0) is 30.1. The predicted molar refractivity (Wildman–Crippen MR) is 182 cm³/mol. The second kappa shape index (κ2) is 11.8. The average Bonchev–Trinajstić information content (AvgIpc) is 3.00. The molecule has 210 valence electrons. The lowest BCUT2D eigenvalue weighted by molar-refractivity contribution is 1.22. The van der Waals surface area contributed by atoms with E-state index in [2.05, 4.69) is 119 Å². The minimum atomic E-state index is -0.00891. The number of aromatic nitrogens is 3. The molecule has 0 aliphatic rings. The first-order chi connectivity index (χ1) is 20.8. The second-order valence-electron chi connectivity index (χ2n) is 11.7. The van der Waals surface area contributed by atoms with Crippen LogP contribution >= 0.6 is 0 Å². The Morgan fingerprint density at radius 3 is 1.60 bits per heavy atom. The van der Waals surface area contributed by atoms with Crippen LogP contribution in [0, 0.1) is 41.5 Å². The Labute approximate surface area is 255 Å². The fraction of sp³-hybridized carbons (Fsp3) is 0.154. The van der Waals surface area contributed by atoms with Crippen molar-refractivity contribution in [3.63, 3.8) is 0 Å². The Hall–Kier alpha value is -4.83. The molecule has 0 fully saturated rings. The molecule has 0 saturated carbocycles. The van der Waals surface area contributed by atoms with Crippen LogP contribution in [0.4, 0.5) is 0 Å². The number of benzene rings is 3. The molecule has 3 heterocycles. The number of hydrogen-bond acceptors (Lipinski definition) is 3. The van der Waals surface area contributed by atoms with E-state index >= 15 is 0 Å². The van der Waals surface area contributed by atoms with Gasteiger partial charge < -0.3 is 0 Å². The molecule has 0 aliphatic heterocycles. The van der Waals surface area contributed by atoms with E-state index in [4.69, 9.17) is 9.97 Å². The van der Waals surface area contributed by atoms with Crippen molar-refractivity contribution in [1.29, 1.82) is 0 Å². The highest BCUT2D eigenvalue weighted by atomic mass is 14.8. The van der Waals surface area contributed by atoms with Gasteiger partial charge in [0.2, 0.25) is 6.71 Å². The summed E-state index contributed by atoms with van der Waals surface area (Å²) in [6.07, 6.45) is 3.71. The van der Waals surface area contributed by atoms with Gasteiger partial charge >= 0.3 is 0 Å². The molecule has 0 aliphatic carbocycles. The van der Waals surface area contributed by atoms with Gasteiger partial charge in [-0.05, 0) is 88.5 Å². The molecule has 0 amide bonds. The highest BCUT2D eigenvalue weighted by Crippen LogP contribution is 2.29. The molecule has 43 heavy (non-hydrogen) atoms. The molecule has 3 aromatic heterocycles. The van der Waals surface area contributed by atoms with Crippen molar-refractivity contribution in [2.45, 2.75) is 41.5 Å². The van der Waals surface area contributed by atoms with E-state index in [0.717, 1.165) is 39.4 Å². The number of nitrogens with zero attached hydrogens (tertiary/aromatic N) is 3. The van der Waals surface area contributed by atoms with Gasteiger partial charge in [0, 0.05) is 12.4 Å². The molecular formula is C39H36BN3. The minimum Gasteiger partial charge on any atom is -0.255 e. The lowest BCUT2D eigenvalue weighted by Crippen LogP contribution is -2.56. The van der Waals surface area contributed by atoms with Crippen molar-refractivity contribution in [3.05, 3.63) is 143 Å². The SMILES string of the molecule is Cc1cc(C)c(B(c2cccnc2-c2cc(-c3ccccc3)cc(-c3ccccn3)n2)c2c(C)cc(C)cc2C)c(C)c1. The van der Waals surface area contributed by atoms with Crippen LogP contribution < -0.4 is 16.4 Å². The molecule has 0 radical (unpaired) electrons. The van der Waals surface area contributed by atoms with Gasteiger partial charge in [-0.2, -0.15) is 0 Å². The van der Waals surface area contributed by atoms with Gasteiger partial charge in [-0.1, -0.05) is 111 Å². The summed E-state index contributed by atoms with van der Waals surface area (Å²) >= 11 is 0. The molecule has 0 atom stereocenters. The van der Waals surface area contributed by atoms with E-state index in [-0.39, 0.29) is 6.71 Å². The largest absolute Gasteiger partial charge is 0.255 e. The van der Waals surface area contributed by atoms with Gasteiger partial charge in [0.15, 0.2) is 0 Å². The summed E-state index contributed by atoms with van der Waals surface area (Å²) in [6.45, 7) is 13.3. The fourth-order valence-electron chi connectivity index (χ4n) is 6.71. The van der Waals surface area contributed by atoms with E-state index < -0.39 is 0 Å². The Morgan fingerprint density at radius 2 is 1.02 bits per heavy atom. The zero-order valence-electron chi connectivity index (χ0n) is 25.8. The first-order valence-electron chi connectivity index (χ1n) is 14.9. The van der Waals surface area contributed by atoms with Gasteiger partial charge in [0.1, 0.15) is 0 Å². The second-order valence-corrected chi connectivity index (χ2v) is 11.7. The molecule has 0 spiro atoms. The summed E-state index contributed by atoms with van der Waals surface area (Å²) in [5.41, 5.74) is 17.1. The summed E-state index contributed by atoms with van der Waals surface area (Å²) < 4.78 is 0. The molecule has 6 aromatic rings.